The van der Waals surface area contributed by atoms with E-state index >= 15 is 8.78 Å². The molecule has 0 fully saturated rings. The van der Waals surface area contributed by atoms with Gasteiger partial charge in [-0.3, -0.25) is 24.0 Å². The summed E-state index contributed by atoms with van der Waals surface area (Å²) in [6.07, 6.45) is -1.88. The summed E-state index contributed by atoms with van der Waals surface area (Å²) in [7, 11) is 0. The maximum Gasteiger partial charge on any atom is 0.435 e. The average Bonchev–Trinajstić information content (AvgIpc) is 3.51. The number of hydrogen-bond acceptors (Lipinski definition) is 5. The highest BCUT2D eigenvalue weighted by molar-refractivity contribution is 9.10. The van der Waals surface area contributed by atoms with Gasteiger partial charge in [0.05, 0.1) is 40.7 Å². The smallest absolute Gasteiger partial charge is 0.346 e. The highest BCUT2D eigenvalue weighted by atomic mass is 79.9. The first-order valence-electron chi connectivity index (χ1n) is 14.3. The van der Waals surface area contributed by atoms with Crippen molar-refractivity contribution in [2.75, 3.05) is 4.90 Å². The van der Waals surface area contributed by atoms with E-state index in [9.17, 15) is 36.3 Å². The number of anilines is 1. The van der Waals surface area contributed by atoms with Gasteiger partial charge < -0.3 is 5.32 Å². The summed E-state index contributed by atoms with van der Waals surface area (Å²) in [6, 6.07) is 8.88. The molecule has 3 heterocycles. The molecule has 2 aromatic heterocycles. The number of pyridine rings is 1. The largest absolute Gasteiger partial charge is 0.435 e. The second-order valence-corrected chi connectivity index (χ2v) is 12.3. The van der Waals surface area contributed by atoms with E-state index in [2.05, 4.69) is 31.3 Å². The summed E-state index contributed by atoms with van der Waals surface area (Å²) in [5, 5.41) is 5.88. The summed E-state index contributed by atoms with van der Waals surface area (Å²) in [6.45, 7) is -1.05. The molecule has 3 aliphatic rings. The van der Waals surface area contributed by atoms with Crippen LogP contribution in [0.4, 0.5) is 36.4 Å². The average molecular weight is 734 g/mol. The van der Waals surface area contributed by atoms with E-state index in [4.69, 9.17) is 0 Å². The Bertz CT molecular complexity index is 2020. The van der Waals surface area contributed by atoms with E-state index in [1.54, 1.807) is 12.1 Å². The van der Waals surface area contributed by atoms with E-state index < -0.39 is 82.8 Å². The van der Waals surface area contributed by atoms with Crippen molar-refractivity contribution in [3.05, 3.63) is 122 Å². The van der Waals surface area contributed by atoms with Crippen molar-refractivity contribution < 1.29 is 45.1 Å². The molecule has 1 N–H and O–H groups in total. The third kappa shape index (κ3) is 5.09. The molecular weight excluding hydrogens is 715 g/mol. The summed E-state index contributed by atoms with van der Waals surface area (Å²) in [5.74, 6) is -10.6. The van der Waals surface area contributed by atoms with Crippen LogP contribution in [0.5, 0.6) is 0 Å². The van der Waals surface area contributed by atoms with Crippen LogP contribution in [0.15, 0.2) is 71.4 Å². The molecule has 3 atom stereocenters. The number of hydrogen-bond donors (Lipinski definition) is 1. The van der Waals surface area contributed by atoms with Crippen molar-refractivity contribution in [3.8, 4) is 0 Å². The summed E-state index contributed by atoms with van der Waals surface area (Å²) >= 11 is 3.31. The molecule has 2 aliphatic carbocycles. The van der Waals surface area contributed by atoms with E-state index in [0.29, 0.717) is 10.7 Å². The molecule has 3 amide bonds. The Hall–Kier alpha value is -4.86. The number of aromatic nitrogens is 3. The van der Waals surface area contributed by atoms with Gasteiger partial charge in [0.2, 0.25) is 5.91 Å². The molecule has 0 bridgehead atoms. The van der Waals surface area contributed by atoms with Gasteiger partial charge in [0.15, 0.2) is 5.69 Å². The van der Waals surface area contributed by atoms with Gasteiger partial charge in [0, 0.05) is 22.0 Å². The lowest BCUT2D eigenvalue weighted by Crippen LogP contribution is -2.36. The number of fused-ring (bicyclic) bond motifs is 4. The second kappa shape index (κ2) is 11.1. The van der Waals surface area contributed by atoms with Gasteiger partial charge in [0.1, 0.15) is 23.9 Å². The first-order chi connectivity index (χ1) is 22.6. The molecule has 0 radical (unpaired) electrons. The lowest BCUT2D eigenvalue weighted by molar-refractivity contribution is -0.142. The predicted octanol–water partition coefficient (Wildman–Crippen LogP) is 6.61. The minimum atomic E-state index is -5.07. The van der Waals surface area contributed by atoms with Crippen LogP contribution in [0.3, 0.4) is 0 Å². The van der Waals surface area contributed by atoms with E-state index in [1.807, 2.05) is 0 Å². The van der Waals surface area contributed by atoms with Crippen LogP contribution in [0.2, 0.25) is 0 Å². The first-order valence-corrected chi connectivity index (χ1v) is 15.1. The van der Waals surface area contributed by atoms with Crippen LogP contribution in [-0.4, -0.2) is 32.5 Å². The minimum absolute atomic E-state index is 0.0302. The Balaban J connectivity index is 1.21. The number of allylic oxidation sites excluding steroid dienone is 2. The first kappa shape index (κ1) is 31.7. The number of carbonyl (C=O) groups is 3. The van der Waals surface area contributed by atoms with Crippen molar-refractivity contribution >= 4 is 39.3 Å². The summed E-state index contributed by atoms with van der Waals surface area (Å²) in [5.41, 5.74) is -2.74. The van der Waals surface area contributed by atoms with Crippen molar-refractivity contribution in [1.82, 2.24) is 20.1 Å². The van der Waals surface area contributed by atoms with Gasteiger partial charge in [-0.15, -0.1) is 0 Å². The van der Waals surface area contributed by atoms with Gasteiger partial charge in [-0.05, 0) is 58.2 Å². The predicted molar refractivity (Wildman–Crippen MR) is 157 cm³/mol. The number of carbonyl (C=O) groups excluding carboxylic acids is 3. The van der Waals surface area contributed by atoms with Crippen molar-refractivity contribution in [2.45, 2.75) is 37.0 Å². The Morgan fingerprint density at radius 1 is 1.00 bits per heavy atom. The maximum atomic E-state index is 15.2. The van der Waals surface area contributed by atoms with Crippen molar-refractivity contribution in [2.24, 2.45) is 5.92 Å². The molecule has 8 nitrogen and oxygen atoms in total. The zero-order valence-electron chi connectivity index (χ0n) is 24.0. The third-order valence-electron chi connectivity index (χ3n) is 8.47. The summed E-state index contributed by atoms with van der Waals surface area (Å²) < 4.78 is 101. The quantitative estimate of drug-likeness (QED) is 0.131. The number of rotatable bonds is 7. The number of imide groups is 1. The molecule has 0 unspecified atom stereocenters. The topological polar surface area (TPSA) is 97.2 Å². The van der Waals surface area contributed by atoms with Crippen LogP contribution >= 0.6 is 15.9 Å². The fraction of sp³-hybridized carbons (Fsp3) is 0.219. The van der Waals surface area contributed by atoms with Crippen LogP contribution in [0, 0.1) is 17.6 Å². The summed E-state index contributed by atoms with van der Waals surface area (Å²) in [4.78, 5) is 44.6. The van der Waals surface area contributed by atoms with Gasteiger partial charge in [0.25, 0.3) is 17.7 Å². The molecule has 48 heavy (non-hydrogen) atoms. The zero-order valence-corrected chi connectivity index (χ0v) is 25.6. The fourth-order valence-electron chi connectivity index (χ4n) is 6.38. The molecule has 0 spiro atoms. The molecule has 246 valence electrons. The molecule has 4 aromatic rings. The molecular formula is C32H19BrF7N5O3. The number of alkyl halides is 5. The maximum absolute atomic E-state index is 15.2. The van der Waals surface area contributed by atoms with Crippen molar-refractivity contribution in [3.63, 3.8) is 0 Å². The normalized spacial score (nSPS) is 19.5. The Kier molecular flexibility index (Phi) is 7.34. The van der Waals surface area contributed by atoms with Crippen LogP contribution < -0.4 is 10.2 Å². The van der Waals surface area contributed by atoms with Gasteiger partial charge in [-0.2, -0.15) is 27.1 Å². The molecule has 0 saturated heterocycles. The fourth-order valence-corrected chi connectivity index (χ4v) is 6.99. The van der Waals surface area contributed by atoms with Gasteiger partial charge >= 0.3 is 6.18 Å². The van der Waals surface area contributed by atoms with Gasteiger partial charge in [-0.1, -0.05) is 24.3 Å². The zero-order chi connectivity index (χ0) is 34.3. The van der Waals surface area contributed by atoms with Crippen molar-refractivity contribution in [1.29, 1.82) is 0 Å². The van der Waals surface area contributed by atoms with E-state index in [-0.39, 0.29) is 39.0 Å². The lowest BCUT2D eigenvalue weighted by Gasteiger charge is -2.27. The number of nitrogens with zero attached hydrogens (tertiary/aromatic N) is 4. The second-order valence-electron chi connectivity index (χ2n) is 11.5. The Morgan fingerprint density at radius 2 is 1.65 bits per heavy atom. The highest BCUT2D eigenvalue weighted by Gasteiger charge is 2.61. The monoisotopic (exact) mass is 733 g/mol. The van der Waals surface area contributed by atoms with Gasteiger partial charge in [-0.25, -0.2) is 13.7 Å². The standard InChI is InChI=1S/C32H19BrF7N5O3/c33-22-11-17(45-29(47)18-3-1-2-4-19(18)30(45)48)12-41-26(22)23(9-14-7-15(34)10-16(35)8-14)42-24(46)13-44-28-25(27(43-44)32(38,39)40)20-5-6-21(20)31(28,36)37/h1-8,10-12,20-21,23H,9,13H2,(H,42,46)/t20-,21+,23-/m0/s1. The number of halogens is 8. The highest BCUT2D eigenvalue weighted by Crippen LogP contribution is 2.60. The molecule has 7 rings (SSSR count). The number of nitrogens with one attached hydrogen (secondary N) is 1. The van der Waals surface area contributed by atoms with Crippen LogP contribution in [-0.2, 0) is 29.9 Å². The van der Waals surface area contributed by atoms with E-state index in [1.165, 1.54) is 24.3 Å². The van der Waals surface area contributed by atoms with Crippen LogP contribution in [0.1, 0.15) is 60.9 Å². The molecule has 0 saturated carbocycles. The SMILES string of the molecule is O=C(Cn1nc(C(F)(F)F)c2c1C(F)(F)[C@@H]1C=C[C@H]21)N[C@@H](Cc1cc(F)cc(F)c1)c1ncc(N2C(=O)c3ccccc3C2=O)cc1Br. The number of amides is 3. The Labute approximate surface area is 274 Å². The van der Waals surface area contributed by atoms with Crippen LogP contribution in [0.25, 0.3) is 0 Å². The molecule has 1 aliphatic heterocycles. The number of benzene rings is 2. The van der Waals surface area contributed by atoms with E-state index in [0.717, 1.165) is 29.3 Å². The third-order valence-corrected chi connectivity index (χ3v) is 9.10. The Morgan fingerprint density at radius 3 is 2.21 bits per heavy atom. The lowest BCUT2D eigenvalue weighted by atomic mass is 9.81. The molecule has 16 heteroatoms. The molecule has 2 aromatic carbocycles. The minimum Gasteiger partial charge on any atom is -0.346 e.